The fraction of sp³-hybridized carbons (Fsp3) is 0.615. The third kappa shape index (κ3) is 56.3. The highest BCUT2D eigenvalue weighted by atomic mass is 16.6. The van der Waals surface area contributed by atoms with Crippen LogP contribution in [0.25, 0.3) is 0 Å². The monoisotopic (exact) mass is 981 g/mol. The molecule has 0 amide bonds. The summed E-state index contributed by atoms with van der Waals surface area (Å²) in [5, 5.41) is 0. The van der Waals surface area contributed by atoms with Crippen LogP contribution in [0, 0.1) is 0 Å². The van der Waals surface area contributed by atoms with Crippen molar-refractivity contribution < 1.29 is 28.6 Å². The van der Waals surface area contributed by atoms with Crippen molar-refractivity contribution in [1.29, 1.82) is 0 Å². The minimum Gasteiger partial charge on any atom is -0.462 e. The summed E-state index contributed by atoms with van der Waals surface area (Å²) in [6.07, 6.45) is 81.6. The molecule has 0 aliphatic heterocycles. The highest BCUT2D eigenvalue weighted by molar-refractivity contribution is 5.71. The molecule has 0 fully saturated rings. The summed E-state index contributed by atoms with van der Waals surface area (Å²) < 4.78 is 16.8. The summed E-state index contributed by atoms with van der Waals surface area (Å²) >= 11 is 0. The molecule has 6 nitrogen and oxygen atoms in total. The lowest BCUT2D eigenvalue weighted by Crippen LogP contribution is -2.30. The zero-order valence-corrected chi connectivity index (χ0v) is 45.7. The highest BCUT2D eigenvalue weighted by Crippen LogP contribution is 2.13. The van der Waals surface area contributed by atoms with Gasteiger partial charge in [-0.05, 0) is 128 Å². The van der Waals surface area contributed by atoms with Crippen molar-refractivity contribution in [1.82, 2.24) is 0 Å². The summed E-state index contributed by atoms with van der Waals surface area (Å²) in [5.41, 5.74) is 0. The molecule has 0 aliphatic carbocycles. The molecule has 0 aromatic rings. The number of hydrogen-bond donors (Lipinski definition) is 0. The van der Waals surface area contributed by atoms with Crippen molar-refractivity contribution in [3.8, 4) is 0 Å². The Morgan fingerprint density at radius 1 is 0.296 bits per heavy atom. The first kappa shape index (κ1) is 66.6. The summed E-state index contributed by atoms with van der Waals surface area (Å²) in [6.45, 7) is 6.32. The second-order valence-electron chi connectivity index (χ2n) is 18.4. The van der Waals surface area contributed by atoms with E-state index in [9.17, 15) is 14.4 Å². The Morgan fingerprint density at radius 2 is 0.549 bits per heavy atom. The molecule has 0 radical (unpaired) electrons. The number of ether oxygens (including phenoxy) is 3. The molecule has 400 valence electrons. The van der Waals surface area contributed by atoms with Crippen LogP contribution in [0.4, 0.5) is 0 Å². The van der Waals surface area contributed by atoms with Gasteiger partial charge in [0.2, 0.25) is 0 Å². The van der Waals surface area contributed by atoms with Gasteiger partial charge in [0.05, 0.1) is 0 Å². The van der Waals surface area contributed by atoms with E-state index in [1.807, 2.05) is 0 Å². The normalized spacial score (nSPS) is 13.1. The lowest BCUT2D eigenvalue weighted by Gasteiger charge is -2.18. The van der Waals surface area contributed by atoms with Crippen LogP contribution >= 0.6 is 0 Å². The van der Waals surface area contributed by atoms with Crippen molar-refractivity contribution in [2.75, 3.05) is 13.2 Å². The zero-order valence-electron chi connectivity index (χ0n) is 45.7. The van der Waals surface area contributed by atoms with Gasteiger partial charge >= 0.3 is 17.9 Å². The second kappa shape index (κ2) is 58.1. The zero-order chi connectivity index (χ0) is 51.4. The molecule has 0 saturated carbocycles. The van der Waals surface area contributed by atoms with Crippen molar-refractivity contribution in [2.45, 2.75) is 245 Å². The predicted molar refractivity (Wildman–Crippen MR) is 306 cm³/mol. The lowest BCUT2D eigenvalue weighted by atomic mass is 10.1. The van der Waals surface area contributed by atoms with E-state index in [0.717, 1.165) is 148 Å². The minimum absolute atomic E-state index is 0.102. The number of esters is 3. The first-order valence-electron chi connectivity index (χ1n) is 28.7. The molecule has 0 rings (SSSR count). The molecule has 71 heavy (non-hydrogen) atoms. The third-order valence-electron chi connectivity index (χ3n) is 11.6. The van der Waals surface area contributed by atoms with Gasteiger partial charge in [0.25, 0.3) is 0 Å². The van der Waals surface area contributed by atoms with Gasteiger partial charge in [-0.1, -0.05) is 225 Å². The van der Waals surface area contributed by atoms with Gasteiger partial charge in [-0.2, -0.15) is 0 Å². The van der Waals surface area contributed by atoms with Crippen LogP contribution in [-0.4, -0.2) is 37.2 Å². The van der Waals surface area contributed by atoms with Gasteiger partial charge in [0, 0.05) is 19.3 Å². The molecule has 0 aliphatic rings. The molecule has 1 unspecified atom stereocenters. The molecule has 0 aromatic carbocycles. The van der Waals surface area contributed by atoms with Gasteiger partial charge in [-0.3, -0.25) is 14.4 Å². The van der Waals surface area contributed by atoms with Gasteiger partial charge < -0.3 is 14.2 Å². The van der Waals surface area contributed by atoms with E-state index in [-0.39, 0.29) is 31.1 Å². The fourth-order valence-electron chi connectivity index (χ4n) is 7.36. The fourth-order valence-corrected chi connectivity index (χ4v) is 7.36. The predicted octanol–water partition coefficient (Wildman–Crippen LogP) is 19.4. The third-order valence-corrected chi connectivity index (χ3v) is 11.6. The van der Waals surface area contributed by atoms with Gasteiger partial charge in [-0.25, -0.2) is 0 Å². The largest absolute Gasteiger partial charge is 0.462 e. The van der Waals surface area contributed by atoms with E-state index in [0.29, 0.717) is 19.3 Å². The van der Waals surface area contributed by atoms with Crippen LogP contribution in [0.1, 0.15) is 239 Å². The van der Waals surface area contributed by atoms with Crippen molar-refractivity contribution in [2.24, 2.45) is 0 Å². The quantitative estimate of drug-likeness (QED) is 0.0262. The van der Waals surface area contributed by atoms with Crippen LogP contribution in [0.3, 0.4) is 0 Å². The van der Waals surface area contributed by atoms with Crippen LogP contribution in [-0.2, 0) is 28.6 Å². The second-order valence-corrected chi connectivity index (χ2v) is 18.4. The molecule has 6 heteroatoms. The summed E-state index contributed by atoms with van der Waals surface area (Å²) in [6, 6.07) is 0. The summed E-state index contributed by atoms with van der Waals surface area (Å²) in [5.74, 6) is -0.960. The number of rotatable bonds is 50. The van der Waals surface area contributed by atoms with Crippen LogP contribution in [0.5, 0.6) is 0 Å². The molecular weight excluding hydrogens is 877 g/mol. The Kier molecular flexibility index (Phi) is 54.5. The van der Waals surface area contributed by atoms with E-state index in [4.69, 9.17) is 14.2 Å². The molecule has 0 heterocycles. The number of hydrogen-bond acceptors (Lipinski definition) is 6. The van der Waals surface area contributed by atoms with Crippen molar-refractivity contribution in [3.05, 3.63) is 134 Å². The van der Waals surface area contributed by atoms with Gasteiger partial charge in [0.1, 0.15) is 13.2 Å². The number of allylic oxidation sites excluding steroid dienone is 22. The maximum atomic E-state index is 12.8. The van der Waals surface area contributed by atoms with E-state index in [2.05, 4.69) is 154 Å². The summed E-state index contributed by atoms with van der Waals surface area (Å²) in [4.78, 5) is 38.1. The Labute approximate surface area is 436 Å². The molecule has 0 bridgehead atoms. The molecule has 0 saturated heterocycles. The number of carbonyl (C=O) groups is 3. The minimum atomic E-state index is -0.805. The smallest absolute Gasteiger partial charge is 0.306 e. The van der Waals surface area contributed by atoms with Gasteiger partial charge in [-0.15, -0.1) is 0 Å². The molecular formula is C65H104O6. The average Bonchev–Trinajstić information content (AvgIpc) is 3.37. The molecule has 0 N–H and O–H groups in total. The van der Waals surface area contributed by atoms with Gasteiger partial charge in [0.15, 0.2) is 6.10 Å². The first-order chi connectivity index (χ1) is 35.0. The lowest BCUT2D eigenvalue weighted by molar-refractivity contribution is -0.167. The highest BCUT2D eigenvalue weighted by Gasteiger charge is 2.19. The maximum absolute atomic E-state index is 12.8. The van der Waals surface area contributed by atoms with E-state index in [1.165, 1.54) is 51.4 Å². The first-order valence-corrected chi connectivity index (χ1v) is 28.7. The van der Waals surface area contributed by atoms with Crippen LogP contribution in [0.15, 0.2) is 134 Å². The van der Waals surface area contributed by atoms with Crippen LogP contribution in [0.2, 0.25) is 0 Å². The molecule has 1 atom stereocenters. The maximum Gasteiger partial charge on any atom is 0.306 e. The Bertz CT molecular complexity index is 1550. The standard InChI is InChI=1S/C65H104O6/c1-4-7-10-13-16-19-22-24-26-28-29-30-31-32-33-34-35-37-38-40-43-46-49-52-55-58-64(67)70-61-62(60-69-63(66)57-54-51-48-45-42-21-18-15-12-9-6-3)71-65(68)59-56-53-50-47-44-41-39-36-27-25-23-20-17-14-11-8-5-2/h7-8,10-11,15-20,24-27,29-30,32-33,35,37,40,43,62H,4-6,9,12-14,21-23,28,31,34,36,38-39,41-42,44-61H2,1-3H3/b10-7-,11-8-,18-15-,19-16-,20-17-,26-24-,27-25-,30-29-,33-32-,37-35-,43-40-. The molecule has 0 aromatic heterocycles. The van der Waals surface area contributed by atoms with E-state index in [1.54, 1.807) is 0 Å². The van der Waals surface area contributed by atoms with Crippen LogP contribution < -0.4 is 0 Å². The van der Waals surface area contributed by atoms with Crippen molar-refractivity contribution >= 4 is 17.9 Å². The Hall–Kier alpha value is -4.45. The average molecular weight is 982 g/mol. The SMILES string of the molecule is CC/C=C\C/C=C\C/C=C\C/C=C\C/C=C\C/C=C\C/C=C\CCCCCC(=O)OCC(COC(=O)CCCCCCC/C=C\CCCC)OC(=O)CCCCCCCCC/C=C\C/C=C\C/C=C\CC. The number of unbranched alkanes of at least 4 members (excludes halogenated alkanes) is 17. The summed E-state index contributed by atoms with van der Waals surface area (Å²) in [7, 11) is 0. The van der Waals surface area contributed by atoms with E-state index < -0.39 is 6.10 Å². The van der Waals surface area contributed by atoms with Crippen molar-refractivity contribution in [3.63, 3.8) is 0 Å². The Balaban J connectivity index is 4.43. The number of carbonyl (C=O) groups excluding carboxylic acids is 3. The Morgan fingerprint density at radius 3 is 0.887 bits per heavy atom. The topological polar surface area (TPSA) is 78.9 Å². The van der Waals surface area contributed by atoms with E-state index >= 15 is 0 Å². The molecule has 0 spiro atoms.